The summed E-state index contributed by atoms with van der Waals surface area (Å²) < 4.78 is 66.9. The van der Waals surface area contributed by atoms with Crippen molar-refractivity contribution < 1.29 is 26.7 Å². The van der Waals surface area contributed by atoms with Crippen molar-refractivity contribution in [3.8, 4) is 0 Å². The summed E-state index contributed by atoms with van der Waals surface area (Å²) in [7, 11) is 0. The monoisotopic (exact) mass is 402 g/mol. The second-order valence-electron chi connectivity index (χ2n) is 6.81. The van der Waals surface area contributed by atoms with Gasteiger partial charge in [0.1, 0.15) is 17.5 Å². The number of benzene rings is 1. The van der Waals surface area contributed by atoms with Crippen LogP contribution in [0.5, 0.6) is 0 Å². The first-order valence-corrected chi connectivity index (χ1v) is 8.74. The van der Waals surface area contributed by atoms with Crippen LogP contribution in [0.1, 0.15) is 29.9 Å². The minimum atomic E-state index is -4.55. The van der Waals surface area contributed by atoms with E-state index in [1.807, 2.05) is 0 Å². The van der Waals surface area contributed by atoms with E-state index in [-0.39, 0.29) is 36.7 Å². The molecule has 0 bridgehead atoms. The Balaban J connectivity index is 1.65. The second-order valence-corrected chi connectivity index (χ2v) is 6.81. The highest BCUT2D eigenvalue weighted by atomic mass is 19.4. The van der Waals surface area contributed by atoms with Gasteiger partial charge in [-0.05, 0) is 36.6 Å². The summed E-state index contributed by atoms with van der Waals surface area (Å²) in [5, 5.41) is 0. The Labute approximate surface area is 157 Å². The number of carbonyl (C=O) groups is 1. The highest BCUT2D eigenvalue weighted by Crippen LogP contribution is 2.29. The van der Waals surface area contributed by atoms with E-state index in [0.717, 1.165) is 24.4 Å². The minimum absolute atomic E-state index is 0.0317. The highest BCUT2D eigenvalue weighted by molar-refractivity contribution is 5.76. The summed E-state index contributed by atoms with van der Waals surface area (Å²) in [6.07, 6.45) is -3.30. The fraction of sp³-hybridized carbons (Fsp3) is 0.444. The van der Waals surface area contributed by atoms with Crippen molar-refractivity contribution >= 4 is 5.91 Å². The quantitative estimate of drug-likeness (QED) is 0.800. The number of fused-ring (bicyclic) bond motifs is 1. The molecule has 1 aromatic carbocycles. The van der Waals surface area contributed by atoms with Crippen molar-refractivity contribution in [3.63, 3.8) is 0 Å². The van der Waals surface area contributed by atoms with Crippen molar-refractivity contribution in [2.75, 3.05) is 6.54 Å². The maximum absolute atomic E-state index is 13.7. The summed E-state index contributed by atoms with van der Waals surface area (Å²) in [6.45, 7) is 0.614. The number of amides is 1. The molecular weight excluding hydrogens is 383 g/mol. The lowest BCUT2D eigenvalue weighted by atomic mass is 10.0. The van der Waals surface area contributed by atoms with Crippen molar-refractivity contribution in [1.82, 2.24) is 14.5 Å². The number of hydrogen-bond donors (Lipinski definition) is 1. The molecule has 2 aromatic rings. The summed E-state index contributed by atoms with van der Waals surface area (Å²) in [5.74, 6) is -1.42. The van der Waals surface area contributed by atoms with Crippen LogP contribution in [-0.2, 0) is 30.5 Å². The van der Waals surface area contributed by atoms with Crippen LogP contribution in [0.25, 0.3) is 0 Å². The molecular formula is C18H19F5N4O. The average molecular weight is 402 g/mol. The number of hydrogen-bond acceptors (Lipinski definition) is 3. The second kappa shape index (κ2) is 7.86. The molecule has 152 valence electrons. The molecule has 1 aliphatic heterocycles. The maximum atomic E-state index is 13.7. The van der Waals surface area contributed by atoms with Gasteiger partial charge in [-0.2, -0.15) is 13.2 Å². The third kappa shape index (κ3) is 4.67. The van der Waals surface area contributed by atoms with Gasteiger partial charge in [-0.15, -0.1) is 0 Å². The molecule has 0 spiro atoms. The molecule has 1 atom stereocenters. The molecule has 1 aromatic heterocycles. The van der Waals surface area contributed by atoms with Gasteiger partial charge in [0.05, 0.1) is 6.54 Å². The summed E-state index contributed by atoms with van der Waals surface area (Å²) in [4.78, 5) is 17.5. The van der Waals surface area contributed by atoms with Gasteiger partial charge in [0.2, 0.25) is 5.91 Å². The zero-order valence-electron chi connectivity index (χ0n) is 14.8. The molecule has 2 N–H and O–H groups in total. The molecule has 10 heteroatoms. The Kier molecular flexibility index (Phi) is 5.69. The summed E-state index contributed by atoms with van der Waals surface area (Å²) >= 11 is 0. The lowest BCUT2D eigenvalue weighted by Gasteiger charge is -2.22. The number of alkyl halides is 3. The molecule has 1 aliphatic rings. The van der Waals surface area contributed by atoms with E-state index in [9.17, 15) is 26.7 Å². The molecule has 3 rings (SSSR count). The predicted molar refractivity (Wildman–Crippen MR) is 89.9 cm³/mol. The molecule has 0 unspecified atom stereocenters. The predicted octanol–water partition coefficient (Wildman–Crippen LogP) is 2.87. The van der Waals surface area contributed by atoms with Crippen molar-refractivity contribution in [1.29, 1.82) is 0 Å². The summed E-state index contributed by atoms with van der Waals surface area (Å²) in [5.41, 5.74) is 5.00. The zero-order chi connectivity index (χ0) is 20.5. The van der Waals surface area contributed by atoms with Crippen LogP contribution in [0, 0.1) is 11.6 Å². The first kappa shape index (κ1) is 20.2. The Morgan fingerprint density at radius 2 is 2.00 bits per heavy atom. The Morgan fingerprint density at radius 3 is 2.71 bits per heavy atom. The Morgan fingerprint density at radius 1 is 1.25 bits per heavy atom. The smallest absolute Gasteiger partial charge is 0.335 e. The lowest BCUT2D eigenvalue weighted by Crippen LogP contribution is -2.36. The van der Waals surface area contributed by atoms with Gasteiger partial charge in [0.15, 0.2) is 5.69 Å². The zero-order valence-corrected chi connectivity index (χ0v) is 14.8. The van der Waals surface area contributed by atoms with Gasteiger partial charge in [-0.25, -0.2) is 13.8 Å². The van der Waals surface area contributed by atoms with E-state index in [2.05, 4.69) is 4.98 Å². The van der Waals surface area contributed by atoms with Crippen LogP contribution in [0.4, 0.5) is 22.0 Å². The average Bonchev–Trinajstić information content (AvgIpc) is 2.90. The number of aryl methyl sites for hydroxylation is 1. The standard InChI is InChI=1S/C18H19F5N4O/c19-12-2-3-14(20)11(6-12)7-13(24)8-17(28)27-5-1-4-26-9-15(18(21,22)23)25-16(26)10-27/h2-3,6,9,13H,1,4-5,7-8,10,24H2/t13-/m1/s1. The van der Waals surface area contributed by atoms with Gasteiger partial charge >= 0.3 is 6.18 Å². The molecule has 0 aliphatic carbocycles. The molecule has 0 radical (unpaired) electrons. The van der Waals surface area contributed by atoms with Crippen LogP contribution in [-0.4, -0.2) is 32.9 Å². The fourth-order valence-electron chi connectivity index (χ4n) is 3.21. The van der Waals surface area contributed by atoms with Crippen LogP contribution >= 0.6 is 0 Å². The summed E-state index contributed by atoms with van der Waals surface area (Å²) in [6, 6.07) is 2.26. The van der Waals surface area contributed by atoms with Gasteiger partial charge < -0.3 is 15.2 Å². The number of rotatable bonds is 4. The third-order valence-corrected chi connectivity index (χ3v) is 4.59. The molecule has 0 saturated carbocycles. The number of imidazole rings is 1. The minimum Gasteiger partial charge on any atom is -0.335 e. The van der Waals surface area contributed by atoms with E-state index in [1.54, 1.807) is 0 Å². The first-order valence-electron chi connectivity index (χ1n) is 8.74. The number of nitrogens with two attached hydrogens (primary N) is 1. The van der Waals surface area contributed by atoms with Gasteiger partial charge in [-0.1, -0.05) is 0 Å². The lowest BCUT2D eigenvalue weighted by molar-refractivity contribution is -0.141. The number of nitrogens with zero attached hydrogens (tertiary/aromatic N) is 3. The Bertz CT molecular complexity index is 864. The normalized spacial score (nSPS) is 15.9. The topological polar surface area (TPSA) is 64.2 Å². The van der Waals surface area contributed by atoms with Crippen LogP contribution < -0.4 is 5.73 Å². The number of carbonyl (C=O) groups excluding carboxylic acids is 1. The van der Waals surface area contributed by atoms with Crippen molar-refractivity contribution in [2.45, 2.75) is 44.6 Å². The van der Waals surface area contributed by atoms with Crippen LogP contribution in [0.3, 0.4) is 0 Å². The first-order chi connectivity index (χ1) is 13.1. The van der Waals surface area contributed by atoms with Gasteiger partial charge in [0.25, 0.3) is 0 Å². The van der Waals surface area contributed by atoms with Crippen LogP contribution in [0.2, 0.25) is 0 Å². The van der Waals surface area contributed by atoms with Crippen molar-refractivity contribution in [3.05, 3.63) is 53.1 Å². The molecule has 0 saturated heterocycles. The van der Waals surface area contributed by atoms with Gasteiger partial charge in [-0.3, -0.25) is 4.79 Å². The highest BCUT2D eigenvalue weighted by Gasteiger charge is 2.35. The third-order valence-electron chi connectivity index (χ3n) is 4.59. The largest absolute Gasteiger partial charge is 0.434 e. The van der Waals surface area contributed by atoms with E-state index in [0.29, 0.717) is 19.5 Å². The Hall–Kier alpha value is -2.49. The number of aromatic nitrogens is 2. The van der Waals surface area contributed by atoms with E-state index in [4.69, 9.17) is 5.73 Å². The molecule has 1 amide bonds. The SMILES string of the molecule is N[C@@H](CC(=O)N1CCCn2cc(C(F)(F)F)nc2C1)Cc1cc(F)ccc1F. The van der Waals surface area contributed by atoms with E-state index in [1.165, 1.54) is 9.47 Å². The molecule has 0 fully saturated rings. The van der Waals surface area contributed by atoms with Crippen molar-refractivity contribution in [2.24, 2.45) is 5.73 Å². The van der Waals surface area contributed by atoms with Gasteiger partial charge in [0, 0.05) is 31.7 Å². The molecule has 2 heterocycles. The maximum Gasteiger partial charge on any atom is 0.434 e. The molecule has 5 nitrogen and oxygen atoms in total. The van der Waals surface area contributed by atoms with E-state index >= 15 is 0 Å². The van der Waals surface area contributed by atoms with E-state index < -0.39 is 29.5 Å². The molecule has 28 heavy (non-hydrogen) atoms. The number of halogens is 5. The fourth-order valence-corrected chi connectivity index (χ4v) is 3.21. The van der Waals surface area contributed by atoms with Crippen LogP contribution in [0.15, 0.2) is 24.4 Å².